The molecule has 0 unspecified atom stereocenters. The Kier molecular flexibility index (Phi) is 6.85. The standard InChI is InChI=1S/C23H32N2O4/c1-23(2,3)11-12-24-13-15-25(16-14-24)22(26)21-10-9-18(29-21)17-28-20-8-6-5-7-19(20)27-4/h5-10H,11-17H2,1-4H3. The third kappa shape index (κ3) is 6.00. The Morgan fingerprint density at radius 1 is 1.03 bits per heavy atom. The molecule has 0 N–H and O–H groups in total. The second-order valence-corrected chi connectivity index (χ2v) is 8.65. The first-order chi connectivity index (χ1) is 13.9. The van der Waals surface area contributed by atoms with Gasteiger partial charge < -0.3 is 18.8 Å². The van der Waals surface area contributed by atoms with Gasteiger partial charge in [-0.15, -0.1) is 0 Å². The van der Waals surface area contributed by atoms with Crippen molar-refractivity contribution in [2.75, 3.05) is 39.8 Å². The second-order valence-electron chi connectivity index (χ2n) is 8.65. The highest BCUT2D eigenvalue weighted by Crippen LogP contribution is 2.27. The van der Waals surface area contributed by atoms with Crippen LogP contribution in [0, 0.1) is 5.41 Å². The number of rotatable bonds is 7. The number of piperazine rings is 1. The maximum absolute atomic E-state index is 12.8. The molecular formula is C23H32N2O4. The molecule has 3 rings (SSSR count). The lowest BCUT2D eigenvalue weighted by Crippen LogP contribution is -2.49. The van der Waals surface area contributed by atoms with Gasteiger partial charge in [0.15, 0.2) is 17.3 Å². The number of nitrogens with zero attached hydrogens (tertiary/aromatic N) is 2. The maximum Gasteiger partial charge on any atom is 0.289 e. The van der Waals surface area contributed by atoms with Crippen LogP contribution in [0.5, 0.6) is 11.5 Å². The number of carbonyl (C=O) groups excluding carboxylic acids is 1. The maximum atomic E-state index is 12.8. The SMILES string of the molecule is COc1ccccc1OCc1ccc(C(=O)N2CCN(CCC(C)(C)C)CC2)o1. The van der Waals surface area contributed by atoms with Crippen molar-refractivity contribution in [2.45, 2.75) is 33.8 Å². The van der Waals surface area contributed by atoms with Gasteiger partial charge in [-0.2, -0.15) is 0 Å². The second kappa shape index (κ2) is 9.35. The summed E-state index contributed by atoms with van der Waals surface area (Å²) in [6.07, 6.45) is 1.16. The van der Waals surface area contributed by atoms with E-state index in [0.717, 1.165) is 39.1 Å². The number of hydrogen-bond donors (Lipinski definition) is 0. The van der Waals surface area contributed by atoms with Crippen LogP contribution in [-0.2, 0) is 6.61 Å². The predicted molar refractivity (Wildman–Crippen MR) is 112 cm³/mol. The molecule has 1 amide bonds. The Hall–Kier alpha value is -2.47. The molecule has 0 aliphatic carbocycles. The highest BCUT2D eigenvalue weighted by Gasteiger charge is 2.25. The lowest BCUT2D eigenvalue weighted by atomic mass is 9.92. The fraction of sp³-hybridized carbons (Fsp3) is 0.522. The molecule has 1 aromatic heterocycles. The first-order valence-corrected chi connectivity index (χ1v) is 10.2. The molecule has 0 saturated carbocycles. The zero-order chi connectivity index (χ0) is 20.9. The smallest absolute Gasteiger partial charge is 0.289 e. The number of furan rings is 1. The van der Waals surface area contributed by atoms with Crippen molar-refractivity contribution in [3.05, 3.63) is 47.9 Å². The Labute approximate surface area is 173 Å². The van der Waals surface area contributed by atoms with Crippen molar-refractivity contribution in [1.82, 2.24) is 9.80 Å². The molecular weight excluding hydrogens is 368 g/mol. The van der Waals surface area contributed by atoms with Crippen LogP contribution in [0.3, 0.4) is 0 Å². The summed E-state index contributed by atoms with van der Waals surface area (Å²) in [5, 5.41) is 0. The summed E-state index contributed by atoms with van der Waals surface area (Å²) in [6.45, 7) is 11.4. The van der Waals surface area contributed by atoms with E-state index >= 15 is 0 Å². The van der Waals surface area contributed by atoms with Gasteiger partial charge in [-0.3, -0.25) is 9.69 Å². The molecule has 0 radical (unpaired) electrons. The number of ether oxygens (including phenoxy) is 2. The summed E-state index contributed by atoms with van der Waals surface area (Å²) in [5.74, 6) is 2.24. The van der Waals surface area contributed by atoms with Gasteiger partial charge in [-0.1, -0.05) is 32.9 Å². The van der Waals surface area contributed by atoms with Gasteiger partial charge in [0.1, 0.15) is 12.4 Å². The summed E-state index contributed by atoms with van der Waals surface area (Å²) in [6, 6.07) is 11.0. The predicted octanol–water partition coefficient (Wildman–Crippen LogP) is 4.06. The van der Waals surface area contributed by atoms with Crippen LogP contribution in [0.25, 0.3) is 0 Å². The molecule has 2 heterocycles. The van der Waals surface area contributed by atoms with E-state index in [4.69, 9.17) is 13.9 Å². The Bertz CT molecular complexity index is 801. The molecule has 1 aliphatic heterocycles. The van der Waals surface area contributed by atoms with Gasteiger partial charge >= 0.3 is 0 Å². The summed E-state index contributed by atoms with van der Waals surface area (Å²) in [5.41, 5.74) is 0.337. The number of methoxy groups -OCH3 is 1. The topological polar surface area (TPSA) is 55.2 Å². The van der Waals surface area contributed by atoms with Crippen molar-refractivity contribution >= 4 is 5.91 Å². The minimum atomic E-state index is -0.0518. The molecule has 1 fully saturated rings. The summed E-state index contributed by atoms with van der Waals surface area (Å²) < 4.78 is 16.8. The Morgan fingerprint density at radius 2 is 1.72 bits per heavy atom. The van der Waals surface area contributed by atoms with Gasteiger partial charge in [0.2, 0.25) is 0 Å². The molecule has 1 aromatic carbocycles. The fourth-order valence-corrected chi connectivity index (χ4v) is 3.28. The van der Waals surface area contributed by atoms with Gasteiger partial charge in [-0.05, 0) is 42.6 Å². The minimum absolute atomic E-state index is 0.0518. The summed E-state index contributed by atoms with van der Waals surface area (Å²) in [4.78, 5) is 17.1. The van der Waals surface area contributed by atoms with Gasteiger partial charge in [-0.25, -0.2) is 0 Å². The largest absolute Gasteiger partial charge is 0.493 e. The van der Waals surface area contributed by atoms with Crippen LogP contribution in [0.4, 0.5) is 0 Å². The van der Waals surface area contributed by atoms with Gasteiger partial charge in [0, 0.05) is 26.2 Å². The molecule has 0 spiro atoms. The van der Waals surface area contributed by atoms with E-state index in [1.54, 1.807) is 19.2 Å². The molecule has 0 atom stereocenters. The lowest BCUT2D eigenvalue weighted by Gasteiger charge is -2.35. The van der Waals surface area contributed by atoms with E-state index < -0.39 is 0 Å². The Balaban J connectivity index is 1.49. The van der Waals surface area contributed by atoms with E-state index in [-0.39, 0.29) is 12.5 Å². The third-order valence-corrected chi connectivity index (χ3v) is 5.15. The van der Waals surface area contributed by atoms with Crippen molar-refractivity contribution < 1.29 is 18.7 Å². The van der Waals surface area contributed by atoms with Crippen LogP contribution in [0.1, 0.15) is 43.5 Å². The fourth-order valence-electron chi connectivity index (χ4n) is 3.28. The van der Waals surface area contributed by atoms with Crippen LogP contribution in [0.15, 0.2) is 40.8 Å². The van der Waals surface area contributed by atoms with Crippen molar-refractivity contribution in [3.8, 4) is 11.5 Å². The monoisotopic (exact) mass is 400 g/mol. The van der Waals surface area contributed by atoms with Crippen LogP contribution in [0.2, 0.25) is 0 Å². The quantitative estimate of drug-likeness (QED) is 0.701. The normalized spacial score (nSPS) is 15.4. The molecule has 2 aromatic rings. The molecule has 1 saturated heterocycles. The van der Waals surface area contributed by atoms with Crippen molar-refractivity contribution in [2.24, 2.45) is 5.41 Å². The Morgan fingerprint density at radius 3 is 2.38 bits per heavy atom. The number of hydrogen-bond acceptors (Lipinski definition) is 5. The molecule has 1 aliphatic rings. The van der Waals surface area contributed by atoms with E-state index in [0.29, 0.717) is 28.4 Å². The summed E-state index contributed by atoms with van der Waals surface area (Å²) in [7, 11) is 1.61. The number of carbonyl (C=O) groups is 1. The van der Waals surface area contributed by atoms with Crippen LogP contribution < -0.4 is 9.47 Å². The molecule has 158 valence electrons. The average molecular weight is 401 g/mol. The number of para-hydroxylation sites is 2. The molecule has 6 nitrogen and oxygen atoms in total. The van der Waals surface area contributed by atoms with E-state index in [1.807, 2.05) is 29.2 Å². The van der Waals surface area contributed by atoms with E-state index in [1.165, 1.54) is 0 Å². The lowest BCUT2D eigenvalue weighted by molar-refractivity contribution is 0.0589. The van der Waals surface area contributed by atoms with Crippen molar-refractivity contribution in [1.29, 1.82) is 0 Å². The summed E-state index contributed by atoms with van der Waals surface area (Å²) >= 11 is 0. The van der Waals surface area contributed by atoms with E-state index in [2.05, 4.69) is 25.7 Å². The van der Waals surface area contributed by atoms with Gasteiger partial charge in [0.05, 0.1) is 7.11 Å². The minimum Gasteiger partial charge on any atom is -0.493 e. The zero-order valence-electron chi connectivity index (χ0n) is 17.9. The van der Waals surface area contributed by atoms with Crippen LogP contribution >= 0.6 is 0 Å². The number of benzene rings is 1. The number of amides is 1. The van der Waals surface area contributed by atoms with Gasteiger partial charge in [0.25, 0.3) is 5.91 Å². The highest BCUT2D eigenvalue weighted by atomic mass is 16.5. The van der Waals surface area contributed by atoms with Crippen LogP contribution in [-0.4, -0.2) is 55.5 Å². The van der Waals surface area contributed by atoms with Crippen molar-refractivity contribution in [3.63, 3.8) is 0 Å². The highest BCUT2D eigenvalue weighted by molar-refractivity contribution is 5.91. The third-order valence-electron chi connectivity index (χ3n) is 5.15. The van der Waals surface area contributed by atoms with E-state index in [9.17, 15) is 4.79 Å². The first-order valence-electron chi connectivity index (χ1n) is 10.2. The molecule has 29 heavy (non-hydrogen) atoms. The molecule has 0 bridgehead atoms. The molecule has 6 heteroatoms. The average Bonchev–Trinajstić information content (AvgIpc) is 3.19. The first kappa shape index (κ1) is 21.2. The zero-order valence-corrected chi connectivity index (χ0v) is 17.9.